The Balaban J connectivity index is 0.000000167. The largest absolute Gasteiger partial charge is 0.366 e. The van der Waals surface area contributed by atoms with Crippen molar-refractivity contribution >= 4 is 75.5 Å². The summed E-state index contributed by atoms with van der Waals surface area (Å²) >= 11 is 0. The fraction of sp³-hybridized carbons (Fsp3) is 0.235. The first-order chi connectivity index (χ1) is 28.3. The van der Waals surface area contributed by atoms with Gasteiger partial charge in [-0.3, -0.25) is 35.5 Å². The molecule has 0 fully saturated rings. The fourth-order valence-corrected chi connectivity index (χ4v) is 5.35. The summed E-state index contributed by atoms with van der Waals surface area (Å²) in [6, 6.07) is 9.59. The van der Waals surface area contributed by atoms with Gasteiger partial charge in [0.2, 0.25) is 41.6 Å². The van der Waals surface area contributed by atoms with Crippen molar-refractivity contribution in [2.45, 2.75) is 52.2 Å². The summed E-state index contributed by atoms with van der Waals surface area (Å²) in [5.41, 5.74) is 1.31. The van der Waals surface area contributed by atoms with Crippen LogP contribution in [0.15, 0.2) is 63.9 Å². The highest BCUT2D eigenvalue weighted by molar-refractivity contribution is 6.03. The molecule has 1 aliphatic heterocycles. The number of hydrogen-bond donors (Lipinski definition) is 11. The van der Waals surface area contributed by atoms with E-state index in [4.69, 9.17) is 0 Å². The number of H-pyrrole nitrogens is 5. The highest BCUT2D eigenvalue weighted by Crippen LogP contribution is 2.26. The minimum Gasteiger partial charge on any atom is -0.366 e. The molecule has 1 aliphatic rings. The monoisotopic (exact) mass is 800 g/mol. The minimum atomic E-state index is -1.12. The van der Waals surface area contributed by atoms with Crippen LogP contribution in [-0.4, -0.2) is 90.8 Å². The molecular weight excluding hydrogens is 765 g/mol. The number of aliphatic imine (C=N–C) groups is 1. The molecule has 0 radical (unpaired) electrons. The van der Waals surface area contributed by atoms with Gasteiger partial charge in [0, 0.05) is 17.0 Å². The van der Waals surface area contributed by atoms with Crippen molar-refractivity contribution in [2.75, 3.05) is 26.6 Å². The molecule has 59 heavy (non-hydrogen) atoms. The van der Waals surface area contributed by atoms with Gasteiger partial charge in [-0.2, -0.15) is 39.9 Å². The van der Waals surface area contributed by atoms with Crippen LogP contribution in [-0.2, 0) is 5.41 Å². The first kappa shape index (κ1) is 37.7. The van der Waals surface area contributed by atoms with Crippen molar-refractivity contribution in [3.63, 3.8) is 0 Å². The Morgan fingerprint density at radius 1 is 0.661 bits per heavy atom. The number of hydrogen-bond acceptors (Lipinski definition) is 20. The maximum absolute atomic E-state index is 12.2. The first-order valence-corrected chi connectivity index (χ1v) is 17.9. The Hall–Kier alpha value is -8.22. The molecule has 25 heteroatoms. The standard InChI is InChI=1S/C17H19N13O2.C17H17N9O/c1-17(2,3)12-26-15(28-13-22-8-6(10(31)24-13)18-4-20-8)30-16(27-12)29-14-23-9-7(11(32)25-14)19-5-21-9;1-9(2)12-21-15(20-10-6-4-3-5-7-10)25-17(22-12)26-16-23-13-11(14(27)24-16)18-8-19-13/h4-5,10,31H,1-3H3,(H,18,20)(H5,19,21,22,23,24,25,26,27,28,29,30,32);3-9H,1-2H3,(H4,18,19,20,21,22,23,24,25,26,27). The van der Waals surface area contributed by atoms with E-state index in [1.165, 1.54) is 19.0 Å². The van der Waals surface area contributed by atoms with E-state index in [0.29, 0.717) is 40.3 Å². The number of nitrogens with zero attached hydrogens (tertiary/aromatic N) is 12. The van der Waals surface area contributed by atoms with Crippen LogP contribution >= 0.6 is 0 Å². The van der Waals surface area contributed by atoms with E-state index in [-0.39, 0.29) is 63.9 Å². The van der Waals surface area contributed by atoms with Gasteiger partial charge < -0.3 is 30.7 Å². The summed E-state index contributed by atoms with van der Waals surface area (Å²) < 4.78 is 0. The van der Waals surface area contributed by atoms with Crippen molar-refractivity contribution < 1.29 is 5.11 Å². The van der Waals surface area contributed by atoms with Gasteiger partial charge in [-0.25, -0.2) is 19.9 Å². The van der Waals surface area contributed by atoms with Crippen LogP contribution in [0.3, 0.4) is 0 Å². The van der Waals surface area contributed by atoms with Crippen LogP contribution in [0.2, 0.25) is 0 Å². The summed E-state index contributed by atoms with van der Waals surface area (Å²) in [6.07, 6.45) is 3.13. The molecular formula is C34H36N22O3. The van der Waals surface area contributed by atoms with E-state index < -0.39 is 11.6 Å². The zero-order valence-corrected chi connectivity index (χ0v) is 31.9. The van der Waals surface area contributed by atoms with E-state index >= 15 is 0 Å². The molecule has 11 N–H and O–H groups in total. The fourth-order valence-electron chi connectivity index (χ4n) is 5.35. The quantitative estimate of drug-likeness (QED) is 0.105. The summed E-state index contributed by atoms with van der Waals surface area (Å²) in [6.45, 7) is 9.81. The number of guanidine groups is 1. The summed E-state index contributed by atoms with van der Waals surface area (Å²) in [7, 11) is 0. The molecule has 9 rings (SSSR count). The van der Waals surface area contributed by atoms with Crippen molar-refractivity contribution in [1.29, 1.82) is 0 Å². The van der Waals surface area contributed by atoms with Crippen molar-refractivity contribution in [3.05, 3.63) is 87.4 Å². The lowest BCUT2D eigenvalue weighted by Crippen LogP contribution is -2.29. The first-order valence-electron chi connectivity index (χ1n) is 17.9. The van der Waals surface area contributed by atoms with E-state index in [0.717, 1.165) is 5.69 Å². The summed E-state index contributed by atoms with van der Waals surface area (Å²) in [5, 5.41) is 25.0. The number of nitrogens with one attached hydrogen (secondary N) is 10. The van der Waals surface area contributed by atoms with Gasteiger partial charge in [0.05, 0.1) is 19.0 Å². The van der Waals surface area contributed by atoms with Crippen molar-refractivity contribution in [2.24, 2.45) is 4.99 Å². The molecule has 1 unspecified atom stereocenters. The Morgan fingerprint density at radius 2 is 1.20 bits per heavy atom. The van der Waals surface area contributed by atoms with E-state index in [2.05, 4.69) is 111 Å². The third kappa shape index (κ3) is 8.48. The van der Waals surface area contributed by atoms with Crippen LogP contribution in [0, 0.1) is 0 Å². The molecule has 1 atom stereocenters. The van der Waals surface area contributed by atoms with Crippen LogP contribution in [0.4, 0.5) is 47.2 Å². The molecule has 1 aromatic carbocycles. The van der Waals surface area contributed by atoms with Crippen LogP contribution < -0.4 is 37.7 Å². The lowest BCUT2D eigenvalue weighted by molar-refractivity contribution is 0.184. The second-order valence-corrected chi connectivity index (χ2v) is 14.1. The Bertz CT molecular complexity index is 2920. The topological polar surface area (TPSA) is 348 Å². The van der Waals surface area contributed by atoms with Gasteiger partial charge in [-0.05, 0) is 12.1 Å². The molecule has 300 valence electrons. The number of para-hydroxylation sites is 1. The van der Waals surface area contributed by atoms with E-state index in [1.54, 1.807) is 0 Å². The molecule has 8 heterocycles. The average molecular weight is 801 g/mol. The third-order valence-electron chi connectivity index (χ3n) is 8.20. The number of aromatic nitrogens is 16. The number of benzene rings is 1. The van der Waals surface area contributed by atoms with Gasteiger partial charge in [0.25, 0.3) is 11.1 Å². The molecule has 0 saturated carbocycles. The second kappa shape index (κ2) is 15.4. The number of anilines is 8. The predicted octanol–water partition coefficient (Wildman–Crippen LogP) is 2.92. The normalized spacial score (nSPS) is 13.6. The van der Waals surface area contributed by atoms with Gasteiger partial charge in [-0.15, -0.1) is 0 Å². The predicted molar refractivity (Wildman–Crippen MR) is 216 cm³/mol. The highest BCUT2D eigenvalue weighted by Gasteiger charge is 2.25. The molecule has 8 aromatic rings. The van der Waals surface area contributed by atoms with Crippen molar-refractivity contribution in [3.8, 4) is 0 Å². The molecule has 0 spiro atoms. The average Bonchev–Trinajstić information content (AvgIpc) is 3.97. The summed E-state index contributed by atoms with van der Waals surface area (Å²) in [5.74, 6) is 3.10. The van der Waals surface area contributed by atoms with Crippen LogP contribution in [0.25, 0.3) is 22.3 Å². The highest BCUT2D eigenvalue weighted by atomic mass is 16.3. The van der Waals surface area contributed by atoms with Gasteiger partial charge >= 0.3 is 0 Å². The summed E-state index contributed by atoms with van der Waals surface area (Å²) in [4.78, 5) is 89.0. The third-order valence-corrected chi connectivity index (χ3v) is 8.20. The molecule has 25 nitrogen and oxygen atoms in total. The minimum absolute atomic E-state index is 0.0886. The zero-order valence-electron chi connectivity index (χ0n) is 31.9. The lowest BCUT2D eigenvalue weighted by Gasteiger charge is -2.20. The Kier molecular flexibility index (Phi) is 9.82. The molecule has 7 aromatic heterocycles. The number of imidazole rings is 3. The second-order valence-electron chi connectivity index (χ2n) is 14.1. The molecule has 0 bridgehead atoms. The number of rotatable bonds is 8. The number of aliphatic hydroxyl groups excluding tert-OH is 1. The number of aliphatic hydroxyl groups is 1. The Morgan fingerprint density at radius 3 is 1.78 bits per heavy atom. The molecule has 0 aliphatic carbocycles. The van der Waals surface area contributed by atoms with Gasteiger partial charge in [0.15, 0.2) is 34.4 Å². The van der Waals surface area contributed by atoms with E-state index in [1.807, 2.05) is 65.0 Å². The van der Waals surface area contributed by atoms with Gasteiger partial charge in [-0.1, -0.05) is 52.8 Å². The smallest absolute Gasteiger partial charge is 0.278 e. The number of aromatic amines is 5. The SMILES string of the molecule is CC(C)(C)c1nc(NC2=NC(O)c3[nH]cnc3N2)nc(Nc2nc3nc[nH]c3c(=O)[nH]2)n1.CC(C)c1nc(Nc2ccccc2)nc(Nc2nc3nc[nH]c3c(=O)[nH]2)n1. The molecule has 0 saturated heterocycles. The maximum atomic E-state index is 12.2. The van der Waals surface area contributed by atoms with Crippen molar-refractivity contribution in [1.82, 2.24) is 79.7 Å². The Labute approximate surface area is 331 Å². The van der Waals surface area contributed by atoms with Crippen LogP contribution in [0.5, 0.6) is 0 Å². The number of fused-ring (bicyclic) bond motifs is 3. The van der Waals surface area contributed by atoms with E-state index in [9.17, 15) is 14.7 Å². The lowest BCUT2D eigenvalue weighted by atomic mass is 9.96. The van der Waals surface area contributed by atoms with Gasteiger partial charge in [0.1, 0.15) is 17.3 Å². The maximum Gasteiger partial charge on any atom is 0.278 e. The zero-order chi connectivity index (χ0) is 41.3. The molecule has 0 amide bonds. The van der Waals surface area contributed by atoms with Crippen LogP contribution in [0.1, 0.15) is 64.1 Å².